The molecule has 3 saturated heterocycles. The SMILES string of the molecule is CN1CCC(N2CCN(C3(CC=O)CC(N4CCc5ccccc5NC4=O)CC[N@+]3(Cc3cc(Cl)cc(Cl)c3)C(=O)[O-])CC2)CC1. The molecule has 2 unspecified atom stereocenters. The minimum absolute atomic E-state index is 0.00428. The van der Waals surface area contributed by atoms with Gasteiger partial charge in [-0.15, -0.1) is 0 Å². The second-order valence-electron chi connectivity index (χ2n) is 13.5. The lowest BCUT2D eigenvalue weighted by Crippen LogP contribution is -2.81. The van der Waals surface area contributed by atoms with Crippen LogP contribution in [-0.4, -0.2) is 120 Å². The number of hydrogen-bond donors (Lipinski definition) is 1. The molecule has 0 bridgehead atoms. The molecular weight excluding hydrogens is 627 g/mol. The molecule has 0 aliphatic carbocycles. The van der Waals surface area contributed by atoms with Crippen LogP contribution in [0.3, 0.4) is 0 Å². The Hall–Kier alpha value is -2.73. The number of nitrogens with zero attached hydrogens (tertiary/aromatic N) is 5. The summed E-state index contributed by atoms with van der Waals surface area (Å²) in [4.78, 5) is 49.0. The number of carbonyl (C=O) groups excluding carboxylic acids is 3. The van der Waals surface area contributed by atoms with Crippen LogP contribution in [0, 0.1) is 0 Å². The van der Waals surface area contributed by atoms with Crippen molar-refractivity contribution < 1.29 is 24.0 Å². The number of hydrogen-bond acceptors (Lipinski definition) is 7. The molecular formula is C34H44Cl2N6O4. The van der Waals surface area contributed by atoms with E-state index in [1.54, 1.807) is 18.2 Å². The Kier molecular flexibility index (Phi) is 9.94. The number of likely N-dealkylation sites (tertiary alicyclic amines) is 2. The first-order chi connectivity index (χ1) is 22.1. The third kappa shape index (κ3) is 6.40. The van der Waals surface area contributed by atoms with Crippen LogP contribution in [-0.2, 0) is 17.8 Å². The summed E-state index contributed by atoms with van der Waals surface area (Å²) < 4.78 is -0.456. The lowest BCUT2D eigenvalue weighted by molar-refractivity contribution is -0.956. The van der Waals surface area contributed by atoms with Crippen molar-refractivity contribution in [2.45, 2.75) is 62.8 Å². The van der Waals surface area contributed by atoms with Crippen LogP contribution >= 0.6 is 23.2 Å². The summed E-state index contributed by atoms with van der Waals surface area (Å²) >= 11 is 12.8. The number of aldehydes is 1. The van der Waals surface area contributed by atoms with Crippen molar-refractivity contribution in [3.05, 3.63) is 63.6 Å². The number of amides is 3. The molecule has 248 valence electrons. The summed E-state index contributed by atoms with van der Waals surface area (Å²) in [6.07, 6.45) is 3.29. The number of carboxylic acid groups (broad SMARTS) is 1. The fourth-order valence-electron chi connectivity index (χ4n) is 8.59. The molecule has 4 aliphatic heterocycles. The average Bonchev–Trinajstić information content (AvgIpc) is 3.20. The molecule has 0 aromatic heterocycles. The minimum atomic E-state index is -1.23. The summed E-state index contributed by atoms with van der Waals surface area (Å²) in [5.41, 5.74) is 1.39. The highest BCUT2D eigenvalue weighted by Crippen LogP contribution is 2.45. The van der Waals surface area contributed by atoms with Gasteiger partial charge in [-0.3, -0.25) is 9.38 Å². The highest BCUT2D eigenvalue weighted by molar-refractivity contribution is 6.34. The quantitative estimate of drug-likeness (QED) is 0.352. The van der Waals surface area contributed by atoms with Gasteiger partial charge in [0.1, 0.15) is 12.8 Å². The first-order valence-electron chi connectivity index (χ1n) is 16.4. The monoisotopic (exact) mass is 670 g/mol. The second-order valence-corrected chi connectivity index (χ2v) is 14.4. The van der Waals surface area contributed by atoms with Gasteiger partial charge in [-0.05, 0) is 69.2 Å². The highest BCUT2D eigenvalue weighted by Gasteiger charge is 2.61. The highest BCUT2D eigenvalue weighted by atomic mass is 35.5. The van der Waals surface area contributed by atoms with Crippen LogP contribution in [0.2, 0.25) is 10.0 Å². The van der Waals surface area contributed by atoms with E-state index < -0.39 is 16.2 Å². The molecule has 0 radical (unpaired) electrons. The number of para-hydroxylation sites is 1. The van der Waals surface area contributed by atoms with Crippen LogP contribution in [0.15, 0.2) is 42.5 Å². The van der Waals surface area contributed by atoms with Crippen molar-refractivity contribution >= 4 is 47.3 Å². The second kappa shape index (κ2) is 13.8. The third-order valence-electron chi connectivity index (χ3n) is 11.0. The van der Waals surface area contributed by atoms with Gasteiger partial charge >= 0.3 is 6.03 Å². The van der Waals surface area contributed by atoms with Gasteiger partial charge in [0.25, 0.3) is 6.09 Å². The van der Waals surface area contributed by atoms with E-state index in [2.05, 4.69) is 27.1 Å². The van der Waals surface area contributed by atoms with E-state index in [1.165, 1.54) is 0 Å². The molecule has 4 aliphatic rings. The molecule has 2 aromatic carbocycles. The molecule has 4 heterocycles. The van der Waals surface area contributed by atoms with Crippen LogP contribution in [0.5, 0.6) is 0 Å². The zero-order valence-corrected chi connectivity index (χ0v) is 28.0. The zero-order valence-electron chi connectivity index (χ0n) is 26.5. The number of urea groups is 1. The Morgan fingerprint density at radius 1 is 1.00 bits per heavy atom. The molecule has 46 heavy (non-hydrogen) atoms. The van der Waals surface area contributed by atoms with E-state index in [0.29, 0.717) is 60.5 Å². The van der Waals surface area contributed by atoms with E-state index in [4.69, 9.17) is 23.2 Å². The fraction of sp³-hybridized carbons (Fsp3) is 0.559. The largest absolute Gasteiger partial charge is 0.498 e. The van der Waals surface area contributed by atoms with Gasteiger partial charge in [0.05, 0.1) is 13.0 Å². The van der Waals surface area contributed by atoms with Crippen molar-refractivity contribution in [1.82, 2.24) is 19.6 Å². The maximum atomic E-state index is 13.7. The van der Waals surface area contributed by atoms with Crippen LogP contribution in [0.1, 0.15) is 43.2 Å². The number of piperidine rings is 2. The molecule has 3 amide bonds. The lowest BCUT2D eigenvalue weighted by Gasteiger charge is -2.62. The topological polar surface area (TPSA) is 99.3 Å². The number of carbonyl (C=O) groups is 3. The van der Waals surface area contributed by atoms with Crippen molar-refractivity contribution in [3.8, 4) is 0 Å². The number of nitrogens with one attached hydrogen (secondary N) is 1. The normalized spacial score (nSPS) is 28.7. The minimum Gasteiger partial charge on any atom is -0.498 e. The molecule has 0 spiro atoms. The van der Waals surface area contributed by atoms with Gasteiger partial charge in [-0.2, -0.15) is 0 Å². The number of halogens is 2. The number of piperazine rings is 1. The summed E-state index contributed by atoms with van der Waals surface area (Å²) in [5.74, 6) is 0. The third-order valence-corrected chi connectivity index (χ3v) is 11.5. The van der Waals surface area contributed by atoms with Crippen molar-refractivity contribution in [3.63, 3.8) is 0 Å². The predicted molar refractivity (Wildman–Crippen MR) is 177 cm³/mol. The van der Waals surface area contributed by atoms with Crippen LogP contribution in [0.4, 0.5) is 15.3 Å². The molecule has 1 N–H and O–H groups in total. The van der Waals surface area contributed by atoms with Gasteiger partial charge in [0.2, 0.25) is 0 Å². The van der Waals surface area contributed by atoms with Gasteiger partial charge in [0.15, 0.2) is 5.66 Å². The van der Waals surface area contributed by atoms with Gasteiger partial charge in [0, 0.05) is 78.9 Å². The number of quaternary nitrogens is 1. The van der Waals surface area contributed by atoms with E-state index in [1.807, 2.05) is 29.2 Å². The molecule has 0 saturated carbocycles. The van der Waals surface area contributed by atoms with Crippen LogP contribution in [0.25, 0.3) is 0 Å². The van der Waals surface area contributed by atoms with Crippen molar-refractivity contribution in [2.75, 3.05) is 64.7 Å². The molecule has 3 atom stereocenters. The van der Waals surface area contributed by atoms with E-state index in [9.17, 15) is 19.5 Å². The lowest BCUT2D eigenvalue weighted by atomic mass is 9.82. The first-order valence-corrected chi connectivity index (χ1v) is 17.2. The molecule has 6 rings (SSSR count). The Bertz CT molecular complexity index is 1430. The number of anilines is 1. The number of rotatable bonds is 7. The summed E-state index contributed by atoms with van der Waals surface area (Å²) in [7, 11) is 2.16. The van der Waals surface area contributed by atoms with Crippen molar-refractivity contribution in [1.29, 1.82) is 0 Å². The van der Waals surface area contributed by atoms with Gasteiger partial charge < -0.3 is 29.8 Å². The molecule has 2 aromatic rings. The Morgan fingerprint density at radius 3 is 2.37 bits per heavy atom. The number of benzene rings is 2. The Morgan fingerprint density at radius 2 is 1.70 bits per heavy atom. The number of fused-ring (bicyclic) bond motifs is 1. The van der Waals surface area contributed by atoms with E-state index >= 15 is 0 Å². The zero-order chi connectivity index (χ0) is 32.5. The Balaban J connectivity index is 1.35. The summed E-state index contributed by atoms with van der Waals surface area (Å²) in [6, 6.07) is 12.9. The standard InChI is InChI=1S/C34H44Cl2N6O4/c1-38-11-7-29(8-12-38)39-14-16-40(17-15-39)34(10-19-43)23-30(41-13-6-26-4-2-3-5-31(26)37-32(41)44)9-18-42(34,33(45)46)24-25-20-27(35)22-28(36)21-25/h2-5,19-22,29-30H,6-18,23-24H2,1H3,(H-,37,44,45,46)/t30?,34?,42-/m0/s1. The van der Waals surface area contributed by atoms with E-state index in [-0.39, 0.29) is 31.6 Å². The van der Waals surface area contributed by atoms with Gasteiger partial charge in [-0.1, -0.05) is 41.4 Å². The van der Waals surface area contributed by atoms with Crippen LogP contribution < -0.4 is 10.4 Å². The smallest absolute Gasteiger partial charge is 0.322 e. The average molecular weight is 672 g/mol. The predicted octanol–water partition coefficient (Wildman–Crippen LogP) is 3.90. The Labute approximate surface area is 281 Å². The molecule has 3 fully saturated rings. The molecule has 12 heteroatoms. The van der Waals surface area contributed by atoms with Crippen molar-refractivity contribution in [2.24, 2.45) is 0 Å². The maximum Gasteiger partial charge on any atom is 0.322 e. The maximum absolute atomic E-state index is 13.7. The first kappa shape index (κ1) is 33.2. The fourth-order valence-corrected chi connectivity index (χ4v) is 9.16. The van der Waals surface area contributed by atoms with E-state index in [0.717, 1.165) is 56.6 Å². The summed E-state index contributed by atoms with van der Waals surface area (Å²) in [6.45, 7) is 5.70. The van der Waals surface area contributed by atoms with Gasteiger partial charge in [-0.25, -0.2) is 9.69 Å². The molecule has 10 nitrogen and oxygen atoms in total. The summed E-state index contributed by atoms with van der Waals surface area (Å²) in [5, 5.41) is 17.5.